The molecule has 2 aromatic rings. The molecule has 0 atom stereocenters. The van der Waals surface area contributed by atoms with E-state index in [-0.39, 0.29) is 0 Å². The summed E-state index contributed by atoms with van der Waals surface area (Å²) in [6.07, 6.45) is 0.951. The van der Waals surface area contributed by atoms with Crippen LogP contribution in [0.1, 0.15) is 5.56 Å². The quantitative estimate of drug-likeness (QED) is 0.775. The van der Waals surface area contributed by atoms with Gasteiger partial charge in [-0.15, -0.1) is 0 Å². The minimum absolute atomic E-state index is 0.726. The fourth-order valence-corrected chi connectivity index (χ4v) is 2.00. The number of hydrogen-bond acceptors (Lipinski definition) is 1. The molecule has 0 bridgehead atoms. The van der Waals surface area contributed by atoms with Gasteiger partial charge in [0, 0.05) is 9.99 Å². The Balaban J connectivity index is 1.85. The highest BCUT2D eigenvalue weighted by atomic mass is 127. The zero-order chi connectivity index (χ0) is 11.2. The van der Waals surface area contributed by atoms with Crippen molar-refractivity contribution in [3.63, 3.8) is 0 Å². The monoisotopic (exact) mass is 324 g/mol. The van der Waals surface area contributed by atoms with Gasteiger partial charge in [-0.3, -0.25) is 0 Å². The van der Waals surface area contributed by atoms with E-state index in [0.717, 1.165) is 18.8 Å². The first kappa shape index (κ1) is 11.5. The summed E-state index contributed by atoms with van der Waals surface area (Å²) in [7, 11) is 0. The molecule has 0 aliphatic rings. The Hall–Kier alpha value is -1.03. The van der Waals surface area contributed by atoms with Gasteiger partial charge in [0.1, 0.15) is 5.75 Å². The SMILES string of the molecule is Ic1cccc(OCCc2ccccc2)c1. The average Bonchev–Trinajstić information content (AvgIpc) is 2.30. The zero-order valence-corrected chi connectivity index (χ0v) is 11.1. The van der Waals surface area contributed by atoms with E-state index in [1.54, 1.807) is 0 Å². The van der Waals surface area contributed by atoms with Crippen LogP contribution >= 0.6 is 22.6 Å². The van der Waals surface area contributed by atoms with Gasteiger partial charge in [0.15, 0.2) is 0 Å². The summed E-state index contributed by atoms with van der Waals surface area (Å²) in [4.78, 5) is 0. The second kappa shape index (κ2) is 5.89. The molecule has 2 rings (SSSR count). The van der Waals surface area contributed by atoms with Crippen molar-refractivity contribution in [3.8, 4) is 5.75 Å². The fraction of sp³-hybridized carbons (Fsp3) is 0.143. The molecule has 0 saturated heterocycles. The molecule has 0 aliphatic heterocycles. The molecule has 0 saturated carbocycles. The first-order valence-corrected chi connectivity index (χ1v) is 6.35. The van der Waals surface area contributed by atoms with Crippen LogP contribution in [0.4, 0.5) is 0 Å². The molecule has 2 aromatic carbocycles. The molecule has 0 aliphatic carbocycles. The molecule has 0 unspecified atom stereocenters. The minimum Gasteiger partial charge on any atom is -0.493 e. The molecule has 0 spiro atoms. The van der Waals surface area contributed by atoms with Crippen LogP contribution in [0.2, 0.25) is 0 Å². The van der Waals surface area contributed by atoms with Crippen LogP contribution in [0.15, 0.2) is 54.6 Å². The third-order valence-corrected chi connectivity index (χ3v) is 2.97. The summed E-state index contributed by atoms with van der Waals surface area (Å²) in [5, 5.41) is 0. The lowest BCUT2D eigenvalue weighted by molar-refractivity contribution is 0.322. The summed E-state index contributed by atoms with van der Waals surface area (Å²) in [5.41, 5.74) is 1.31. The number of rotatable bonds is 4. The molecule has 1 nitrogen and oxygen atoms in total. The predicted molar refractivity (Wildman–Crippen MR) is 74.8 cm³/mol. The maximum absolute atomic E-state index is 5.69. The van der Waals surface area contributed by atoms with Crippen molar-refractivity contribution in [3.05, 3.63) is 63.7 Å². The summed E-state index contributed by atoms with van der Waals surface area (Å²) in [6.45, 7) is 0.726. The van der Waals surface area contributed by atoms with Gasteiger partial charge in [-0.25, -0.2) is 0 Å². The van der Waals surface area contributed by atoms with Crippen LogP contribution in [0.25, 0.3) is 0 Å². The highest BCUT2D eigenvalue weighted by molar-refractivity contribution is 14.1. The lowest BCUT2D eigenvalue weighted by atomic mass is 10.2. The Bertz CT molecular complexity index is 439. The smallest absolute Gasteiger partial charge is 0.120 e. The highest BCUT2D eigenvalue weighted by Gasteiger charge is 1.95. The van der Waals surface area contributed by atoms with Crippen molar-refractivity contribution in [1.82, 2.24) is 0 Å². The molecular formula is C14H13IO. The molecule has 82 valence electrons. The summed E-state index contributed by atoms with van der Waals surface area (Å²) >= 11 is 2.29. The van der Waals surface area contributed by atoms with Crippen molar-refractivity contribution in [2.45, 2.75) is 6.42 Å². The first-order chi connectivity index (χ1) is 7.84. The van der Waals surface area contributed by atoms with E-state index in [1.807, 2.05) is 24.3 Å². The summed E-state index contributed by atoms with van der Waals surface area (Å²) in [5.74, 6) is 0.947. The number of ether oxygens (including phenoxy) is 1. The molecule has 0 fully saturated rings. The zero-order valence-electron chi connectivity index (χ0n) is 8.90. The third kappa shape index (κ3) is 3.52. The molecule has 0 aromatic heterocycles. The maximum atomic E-state index is 5.69. The van der Waals surface area contributed by atoms with E-state index >= 15 is 0 Å². The highest BCUT2D eigenvalue weighted by Crippen LogP contribution is 2.15. The van der Waals surface area contributed by atoms with Crippen molar-refractivity contribution < 1.29 is 4.74 Å². The van der Waals surface area contributed by atoms with E-state index in [2.05, 4.69) is 52.9 Å². The molecule has 0 heterocycles. The van der Waals surface area contributed by atoms with Crippen molar-refractivity contribution in [2.75, 3.05) is 6.61 Å². The minimum atomic E-state index is 0.726. The molecular weight excluding hydrogens is 311 g/mol. The van der Waals surface area contributed by atoms with Crippen LogP contribution in [0.3, 0.4) is 0 Å². The summed E-state index contributed by atoms with van der Waals surface area (Å²) in [6, 6.07) is 18.5. The Morgan fingerprint density at radius 2 is 1.75 bits per heavy atom. The molecule has 0 N–H and O–H groups in total. The van der Waals surface area contributed by atoms with Gasteiger partial charge in [0.2, 0.25) is 0 Å². The lowest BCUT2D eigenvalue weighted by Gasteiger charge is -2.06. The maximum Gasteiger partial charge on any atom is 0.120 e. The van der Waals surface area contributed by atoms with Gasteiger partial charge >= 0.3 is 0 Å². The van der Waals surface area contributed by atoms with Crippen molar-refractivity contribution in [2.24, 2.45) is 0 Å². The van der Waals surface area contributed by atoms with Crippen LogP contribution < -0.4 is 4.74 Å². The van der Waals surface area contributed by atoms with Crippen molar-refractivity contribution >= 4 is 22.6 Å². The number of halogens is 1. The van der Waals surface area contributed by atoms with Gasteiger partial charge < -0.3 is 4.74 Å². The van der Waals surface area contributed by atoms with Gasteiger partial charge in [-0.05, 0) is 46.4 Å². The second-order valence-electron chi connectivity index (χ2n) is 3.54. The van der Waals surface area contributed by atoms with E-state index < -0.39 is 0 Å². The molecule has 0 amide bonds. The summed E-state index contributed by atoms with van der Waals surface area (Å²) < 4.78 is 6.89. The largest absolute Gasteiger partial charge is 0.493 e. The lowest BCUT2D eigenvalue weighted by Crippen LogP contribution is -2.01. The van der Waals surface area contributed by atoms with Gasteiger partial charge in [-0.1, -0.05) is 36.4 Å². The van der Waals surface area contributed by atoms with E-state index in [4.69, 9.17) is 4.74 Å². The molecule has 16 heavy (non-hydrogen) atoms. The number of benzene rings is 2. The van der Waals surface area contributed by atoms with Crippen LogP contribution in [0, 0.1) is 3.57 Å². The Kier molecular flexibility index (Phi) is 4.22. The Morgan fingerprint density at radius 1 is 0.938 bits per heavy atom. The Morgan fingerprint density at radius 3 is 2.50 bits per heavy atom. The predicted octanol–water partition coefficient (Wildman–Crippen LogP) is 3.91. The fourth-order valence-electron chi connectivity index (χ4n) is 1.49. The Labute approximate surface area is 110 Å². The first-order valence-electron chi connectivity index (χ1n) is 5.27. The van der Waals surface area contributed by atoms with Crippen LogP contribution in [-0.2, 0) is 6.42 Å². The third-order valence-electron chi connectivity index (χ3n) is 2.30. The van der Waals surface area contributed by atoms with Gasteiger partial charge in [0.05, 0.1) is 6.61 Å². The topological polar surface area (TPSA) is 9.23 Å². The van der Waals surface area contributed by atoms with Crippen LogP contribution in [0.5, 0.6) is 5.75 Å². The average molecular weight is 324 g/mol. The van der Waals surface area contributed by atoms with Crippen molar-refractivity contribution in [1.29, 1.82) is 0 Å². The number of hydrogen-bond donors (Lipinski definition) is 0. The second-order valence-corrected chi connectivity index (χ2v) is 4.79. The van der Waals surface area contributed by atoms with Gasteiger partial charge in [0.25, 0.3) is 0 Å². The molecule has 2 heteroatoms. The van der Waals surface area contributed by atoms with Gasteiger partial charge in [-0.2, -0.15) is 0 Å². The normalized spacial score (nSPS) is 10.1. The van der Waals surface area contributed by atoms with E-state index in [0.29, 0.717) is 0 Å². The van der Waals surface area contributed by atoms with E-state index in [9.17, 15) is 0 Å². The van der Waals surface area contributed by atoms with E-state index in [1.165, 1.54) is 9.13 Å². The van der Waals surface area contributed by atoms with Crippen LogP contribution in [-0.4, -0.2) is 6.61 Å². The standard InChI is InChI=1S/C14H13IO/c15-13-7-4-8-14(11-13)16-10-9-12-5-2-1-3-6-12/h1-8,11H,9-10H2. The molecule has 0 radical (unpaired) electrons.